The van der Waals surface area contributed by atoms with Crippen LogP contribution in [0, 0.1) is 5.92 Å². The molecule has 2 aromatic carbocycles. The number of rotatable bonds is 7. The Bertz CT molecular complexity index is 794. The molecule has 3 rings (SSSR count). The van der Waals surface area contributed by atoms with Crippen molar-refractivity contribution in [2.24, 2.45) is 5.92 Å². The van der Waals surface area contributed by atoms with Gasteiger partial charge in [-0.15, -0.1) is 0 Å². The van der Waals surface area contributed by atoms with Crippen molar-refractivity contribution in [3.63, 3.8) is 0 Å². The van der Waals surface area contributed by atoms with E-state index in [0.29, 0.717) is 17.6 Å². The van der Waals surface area contributed by atoms with E-state index in [1.165, 1.54) is 0 Å². The molecule has 25 heavy (non-hydrogen) atoms. The number of amides is 1. The average molecular weight is 338 g/mol. The Hall–Kier alpha value is -2.82. The second-order valence-corrected chi connectivity index (χ2v) is 6.37. The molecule has 5 heteroatoms. The van der Waals surface area contributed by atoms with Crippen molar-refractivity contribution < 1.29 is 13.9 Å². The molecule has 0 unspecified atom stereocenters. The monoisotopic (exact) mass is 338 g/mol. The Balaban J connectivity index is 1.68. The SMILES string of the molecule is CC(C)C[C@H](NC(=O)COc1ccccc1)c1nc2ccccc2o1. The third-order valence-electron chi connectivity index (χ3n) is 3.76. The first-order valence-corrected chi connectivity index (χ1v) is 8.44. The summed E-state index contributed by atoms with van der Waals surface area (Å²) in [5, 5.41) is 2.98. The van der Waals surface area contributed by atoms with Gasteiger partial charge in [-0.1, -0.05) is 44.2 Å². The maximum Gasteiger partial charge on any atom is 0.258 e. The summed E-state index contributed by atoms with van der Waals surface area (Å²) >= 11 is 0. The van der Waals surface area contributed by atoms with Gasteiger partial charge in [0.2, 0.25) is 5.89 Å². The lowest BCUT2D eigenvalue weighted by atomic mass is 10.0. The molecule has 0 aliphatic rings. The summed E-state index contributed by atoms with van der Waals surface area (Å²) in [6.07, 6.45) is 0.740. The van der Waals surface area contributed by atoms with E-state index in [9.17, 15) is 4.79 Å². The lowest BCUT2D eigenvalue weighted by Gasteiger charge is -2.17. The molecule has 1 N–H and O–H groups in total. The van der Waals surface area contributed by atoms with Crippen LogP contribution >= 0.6 is 0 Å². The lowest BCUT2D eigenvalue weighted by Crippen LogP contribution is -2.33. The fourth-order valence-electron chi connectivity index (χ4n) is 2.63. The van der Waals surface area contributed by atoms with Crippen LogP contribution in [0.4, 0.5) is 0 Å². The van der Waals surface area contributed by atoms with Gasteiger partial charge in [0.1, 0.15) is 17.3 Å². The number of hydrogen-bond donors (Lipinski definition) is 1. The Morgan fingerprint density at radius 2 is 1.84 bits per heavy atom. The first kappa shape index (κ1) is 17.0. The normalized spacial score (nSPS) is 12.3. The van der Waals surface area contributed by atoms with Crippen LogP contribution < -0.4 is 10.1 Å². The summed E-state index contributed by atoms with van der Waals surface area (Å²) in [6, 6.07) is 16.6. The minimum absolute atomic E-state index is 0.0428. The first-order valence-electron chi connectivity index (χ1n) is 8.44. The summed E-state index contributed by atoms with van der Waals surface area (Å²) in [5.74, 6) is 1.38. The number of benzene rings is 2. The van der Waals surface area contributed by atoms with Crippen LogP contribution in [0.5, 0.6) is 5.75 Å². The Kier molecular flexibility index (Phi) is 5.33. The molecule has 1 heterocycles. The molecule has 0 fully saturated rings. The van der Waals surface area contributed by atoms with Gasteiger partial charge in [-0.2, -0.15) is 0 Å². The number of hydrogen-bond acceptors (Lipinski definition) is 4. The fraction of sp³-hybridized carbons (Fsp3) is 0.300. The predicted molar refractivity (Wildman–Crippen MR) is 96.3 cm³/mol. The largest absolute Gasteiger partial charge is 0.484 e. The molecule has 5 nitrogen and oxygen atoms in total. The van der Waals surface area contributed by atoms with E-state index >= 15 is 0 Å². The van der Waals surface area contributed by atoms with Gasteiger partial charge in [0.15, 0.2) is 12.2 Å². The predicted octanol–water partition coefficient (Wildman–Crippen LogP) is 4.11. The Morgan fingerprint density at radius 1 is 1.12 bits per heavy atom. The van der Waals surface area contributed by atoms with E-state index in [1.807, 2.05) is 54.6 Å². The van der Waals surface area contributed by atoms with Crippen molar-refractivity contribution >= 4 is 17.0 Å². The summed E-state index contributed by atoms with van der Waals surface area (Å²) < 4.78 is 11.3. The molecule has 0 bridgehead atoms. The van der Waals surface area contributed by atoms with Gasteiger partial charge in [0.25, 0.3) is 5.91 Å². The number of carbonyl (C=O) groups excluding carboxylic acids is 1. The van der Waals surface area contributed by atoms with Gasteiger partial charge in [-0.05, 0) is 36.6 Å². The average Bonchev–Trinajstić information content (AvgIpc) is 3.04. The summed E-state index contributed by atoms with van der Waals surface area (Å²) in [5.41, 5.74) is 1.52. The highest BCUT2D eigenvalue weighted by Crippen LogP contribution is 2.24. The van der Waals surface area contributed by atoms with Gasteiger partial charge in [-0.3, -0.25) is 4.79 Å². The molecule has 1 atom stereocenters. The molecule has 0 spiro atoms. The lowest BCUT2D eigenvalue weighted by molar-refractivity contribution is -0.124. The molecule has 0 radical (unpaired) electrons. The van der Waals surface area contributed by atoms with Crippen LogP contribution in [0.3, 0.4) is 0 Å². The number of oxazole rings is 1. The van der Waals surface area contributed by atoms with E-state index < -0.39 is 0 Å². The second kappa shape index (κ2) is 7.83. The quantitative estimate of drug-likeness (QED) is 0.704. The van der Waals surface area contributed by atoms with Crippen molar-refractivity contribution in [1.82, 2.24) is 10.3 Å². The highest BCUT2D eigenvalue weighted by Gasteiger charge is 2.22. The van der Waals surface area contributed by atoms with E-state index in [2.05, 4.69) is 24.1 Å². The standard InChI is InChI=1S/C20H22N2O3/c1-14(2)12-17(20-22-16-10-6-7-11-18(16)25-20)21-19(23)13-24-15-8-4-3-5-9-15/h3-11,14,17H,12-13H2,1-2H3,(H,21,23)/t17-/m0/s1. The van der Waals surface area contributed by atoms with Crippen LogP contribution in [0.1, 0.15) is 32.2 Å². The number of fused-ring (bicyclic) bond motifs is 1. The number of nitrogens with zero attached hydrogens (tertiary/aromatic N) is 1. The highest BCUT2D eigenvalue weighted by molar-refractivity contribution is 5.78. The molecule has 0 saturated heterocycles. The minimum atomic E-state index is -0.278. The van der Waals surface area contributed by atoms with Gasteiger partial charge in [0, 0.05) is 0 Å². The van der Waals surface area contributed by atoms with Crippen LogP contribution in [-0.4, -0.2) is 17.5 Å². The van der Waals surface area contributed by atoms with E-state index in [-0.39, 0.29) is 18.6 Å². The molecule has 130 valence electrons. The molecule has 1 amide bonds. The van der Waals surface area contributed by atoms with Crippen LogP contribution in [-0.2, 0) is 4.79 Å². The minimum Gasteiger partial charge on any atom is -0.484 e. The van der Waals surface area contributed by atoms with Gasteiger partial charge in [-0.25, -0.2) is 4.98 Å². The van der Waals surface area contributed by atoms with E-state index in [1.54, 1.807) is 0 Å². The van der Waals surface area contributed by atoms with Crippen molar-refractivity contribution in [3.8, 4) is 5.75 Å². The van der Waals surface area contributed by atoms with E-state index in [0.717, 1.165) is 17.5 Å². The van der Waals surface area contributed by atoms with Crippen molar-refractivity contribution in [2.45, 2.75) is 26.3 Å². The highest BCUT2D eigenvalue weighted by atomic mass is 16.5. The number of ether oxygens (including phenoxy) is 1. The Labute approximate surface area is 147 Å². The fourth-order valence-corrected chi connectivity index (χ4v) is 2.63. The van der Waals surface area contributed by atoms with Gasteiger partial charge < -0.3 is 14.5 Å². The Morgan fingerprint density at radius 3 is 2.56 bits per heavy atom. The smallest absolute Gasteiger partial charge is 0.258 e. The molecule has 1 aromatic heterocycles. The summed E-state index contributed by atoms with van der Waals surface area (Å²) in [6.45, 7) is 4.16. The van der Waals surface area contributed by atoms with Crippen LogP contribution in [0.25, 0.3) is 11.1 Å². The molecular weight excluding hydrogens is 316 g/mol. The van der Waals surface area contributed by atoms with Crippen LogP contribution in [0.2, 0.25) is 0 Å². The summed E-state index contributed by atoms with van der Waals surface area (Å²) in [4.78, 5) is 16.8. The molecule has 3 aromatic rings. The van der Waals surface area contributed by atoms with Gasteiger partial charge in [0.05, 0.1) is 0 Å². The maximum atomic E-state index is 12.3. The van der Waals surface area contributed by atoms with Crippen molar-refractivity contribution in [1.29, 1.82) is 0 Å². The summed E-state index contributed by atoms with van der Waals surface area (Å²) in [7, 11) is 0. The number of nitrogens with one attached hydrogen (secondary N) is 1. The second-order valence-electron chi connectivity index (χ2n) is 6.37. The number of para-hydroxylation sites is 3. The topological polar surface area (TPSA) is 64.4 Å². The number of carbonyl (C=O) groups is 1. The molecular formula is C20H22N2O3. The maximum absolute atomic E-state index is 12.3. The van der Waals surface area contributed by atoms with Crippen molar-refractivity contribution in [2.75, 3.05) is 6.61 Å². The third kappa shape index (κ3) is 4.59. The number of aromatic nitrogens is 1. The first-order chi connectivity index (χ1) is 12.1. The zero-order valence-electron chi connectivity index (χ0n) is 14.4. The molecule has 0 aliphatic heterocycles. The zero-order valence-corrected chi connectivity index (χ0v) is 14.4. The van der Waals surface area contributed by atoms with Crippen molar-refractivity contribution in [3.05, 3.63) is 60.5 Å². The van der Waals surface area contributed by atoms with Crippen LogP contribution in [0.15, 0.2) is 59.0 Å². The third-order valence-corrected chi connectivity index (χ3v) is 3.76. The zero-order chi connectivity index (χ0) is 17.6. The molecule has 0 aliphatic carbocycles. The van der Waals surface area contributed by atoms with E-state index in [4.69, 9.17) is 9.15 Å². The molecule has 0 saturated carbocycles. The van der Waals surface area contributed by atoms with Gasteiger partial charge >= 0.3 is 0 Å².